The number of ketones is 1. The SMILES string of the molecule is O=C(c1ccc([N+](=O)[O-])cc1)c1c2n(c(=O)c3ccccc13)CCN2. The highest BCUT2D eigenvalue weighted by molar-refractivity contribution is 6.19. The first-order valence-corrected chi connectivity index (χ1v) is 7.76. The van der Waals surface area contributed by atoms with Crippen LogP contribution in [0.25, 0.3) is 10.8 Å². The molecule has 0 unspecified atom stereocenters. The monoisotopic (exact) mass is 335 g/mol. The number of hydrogen-bond acceptors (Lipinski definition) is 5. The minimum absolute atomic E-state index is 0.0750. The first kappa shape index (κ1) is 15.1. The topological polar surface area (TPSA) is 94.2 Å². The smallest absolute Gasteiger partial charge is 0.269 e. The standard InChI is InChI=1S/C18H13N3O4/c22-16(11-5-7-12(8-6-11)21(24)25)15-13-3-1-2-4-14(13)18(23)20-10-9-19-17(15)20/h1-8,19H,9-10H2. The van der Waals surface area contributed by atoms with Crippen LogP contribution in [0.2, 0.25) is 0 Å². The maximum absolute atomic E-state index is 13.1. The van der Waals surface area contributed by atoms with Crippen LogP contribution in [-0.2, 0) is 6.54 Å². The van der Waals surface area contributed by atoms with Crippen molar-refractivity contribution < 1.29 is 9.72 Å². The Morgan fingerprint density at radius 1 is 1.08 bits per heavy atom. The Labute approximate surface area is 141 Å². The molecule has 2 heterocycles. The van der Waals surface area contributed by atoms with Crippen molar-refractivity contribution in [2.24, 2.45) is 0 Å². The van der Waals surface area contributed by atoms with Gasteiger partial charge in [0.25, 0.3) is 11.2 Å². The summed E-state index contributed by atoms with van der Waals surface area (Å²) in [7, 11) is 0. The summed E-state index contributed by atoms with van der Waals surface area (Å²) in [6, 6.07) is 12.5. The number of non-ortho nitro benzene ring substituents is 1. The number of carbonyl (C=O) groups excluding carboxylic acids is 1. The first-order chi connectivity index (χ1) is 12.1. The van der Waals surface area contributed by atoms with Crippen LogP contribution < -0.4 is 10.9 Å². The quantitative estimate of drug-likeness (QED) is 0.451. The van der Waals surface area contributed by atoms with Gasteiger partial charge in [0.1, 0.15) is 5.82 Å². The summed E-state index contributed by atoms with van der Waals surface area (Å²) in [4.78, 5) is 36.0. The predicted molar refractivity (Wildman–Crippen MR) is 93.2 cm³/mol. The molecule has 0 saturated heterocycles. The van der Waals surface area contributed by atoms with E-state index in [4.69, 9.17) is 0 Å². The van der Waals surface area contributed by atoms with Crippen molar-refractivity contribution >= 4 is 28.1 Å². The molecule has 3 aromatic rings. The summed E-state index contributed by atoms with van der Waals surface area (Å²) < 4.78 is 1.57. The van der Waals surface area contributed by atoms with E-state index in [1.54, 1.807) is 28.8 Å². The van der Waals surface area contributed by atoms with Gasteiger partial charge in [-0.1, -0.05) is 18.2 Å². The number of nitrogens with one attached hydrogen (secondary N) is 1. The van der Waals surface area contributed by atoms with Gasteiger partial charge in [-0.25, -0.2) is 0 Å². The zero-order valence-electron chi connectivity index (χ0n) is 13.1. The van der Waals surface area contributed by atoms with Crippen molar-refractivity contribution in [1.29, 1.82) is 0 Å². The molecule has 0 spiro atoms. The number of anilines is 1. The van der Waals surface area contributed by atoms with Gasteiger partial charge in [0.15, 0.2) is 5.78 Å². The number of carbonyl (C=O) groups is 1. The molecule has 25 heavy (non-hydrogen) atoms. The summed E-state index contributed by atoms with van der Waals surface area (Å²) in [5.74, 6) is 0.233. The fourth-order valence-electron chi connectivity index (χ4n) is 3.19. The highest BCUT2D eigenvalue weighted by Gasteiger charge is 2.25. The number of aromatic nitrogens is 1. The molecule has 7 heteroatoms. The lowest BCUT2D eigenvalue weighted by Crippen LogP contribution is -2.21. The predicted octanol–water partition coefficient (Wildman–Crippen LogP) is 2.57. The summed E-state index contributed by atoms with van der Waals surface area (Å²) in [5.41, 5.74) is 0.553. The van der Waals surface area contributed by atoms with Crippen molar-refractivity contribution in [1.82, 2.24) is 4.57 Å². The van der Waals surface area contributed by atoms with E-state index in [0.717, 1.165) is 0 Å². The van der Waals surface area contributed by atoms with E-state index < -0.39 is 4.92 Å². The molecule has 1 aliphatic heterocycles. The fraction of sp³-hybridized carbons (Fsp3) is 0.111. The third kappa shape index (κ3) is 2.28. The number of benzene rings is 2. The van der Waals surface area contributed by atoms with E-state index >= 15 is 0 Å². The van der Waals surface area contributed by atoms with Crippen molar-refractivity contribution in [3.8, 4) is 0 Å². The fourth-order valence-corrected chi connectivity index (χ4v) is 3.19. The number of fused-ring (bicyclic) bond motifs is 2. The number of nitrogens with zero attached hydrogens (tertiary/aromatic N) is 2. The number of hydrogen-bond donors (Lipinski definition) is 1. The van der Waals surface area contributed by atoms with E-state index in [1.807, 2.05) is 0 Å². The molecule has 0 aliphatic carbocycles. The molecule has 0 bridgehead atoms. The molecule has 0 saturated carbocycles. The van der Waals surface area contributed by atoms with Crippen LogP contribution in [0.15, 0.2) is 53.3 Å². The van der Waals surface area contributed by atoms with Crippen LogP contribution in [-0.4, -0.2) is 21.8 Å². The Bertz CT molecular complexity index is 1080. The lowest BCUT2D eigenvalue weighted by molar-refractivity contribution is -0.384. The molecular weight excluding hydrogens is 322 g/mol. The van der Waals surface area contributed by atoms with Gasteiger partial charge in [-0.2, -0.15) is 0 Å². The zero-order valence-corrected chi connectivity index (χ0v) is 13.1. The molecule has 0 radical (unpaired) electrons. The maximum Gasteiger partial charge on any atom is 0.269 e. The van der Waals surface area contributed by atoms with Crippen molar-refractivity contribution in [3.05, 3.63) is 80.1 Å². The lowest BCUT2D eigenvalue weighted by atomic mass is 9.98. The second-order valence-electron chi connectivity index (χ2n) is 5.79. The highest BCUT2D eigenvalue weighted by Crippen LogP contribution is 2.29. The van der Waals surface area contributed by atoms with Gasteiger partial charge >= 0.3 is 0 Å². The van der Waals surface area contributed by atoms with Gasteiger partial charge in [0, 0.05) is 41.6 Å². The molecule has 2 aromatic carbocycles. The zero-order chi connectivity index (χ0) is 17.6. The Hall–Kier alpha value is -3.48. The summed E-state index contributed by atoms with van der Waals surface area (Å²) in [6.07, 6.45) is 0. The molecule has 0 fully saturated rings. The molecule has 0 atom stereocenters. The molecule has 1 N–H and O–H groups in total. The molecule has 124 valence electrons. The molecular formula is C18H13N3O4. The van der Waals surface area contributed by atoms with Crippen LogP contribution in [0.3, 0.4) is 0 Å². The van der Waals surface area contributed by atoms with Crippen LogP contribution in [0, 0.1) is 10.1 Å². The van der Waals surface area contributed by atoms with E-state index in [-0.39, 0.29) is 17.0 Å². The van der Waals surface area contributed by atoms with Gasteiger partial charge in [0.2, 0.25) is 0 Å². The largest absolute Gasteiger partial charge is 0.369 e. The Morgan fingerprint density at radius 3 is 2.44 bits per heavy atom. The van der Waals surface area contributed by atoms with Gasteiger partial charge in [-0.3, -0.25) is 24.3 Å². The van der Waals surface area contributed by atoms with Crippen LogP contribution >= 0.6 is 0 Å². The van der Waals surface area contributed by atoms with Crippen molar-refractivity contribution in [3.63, 3.8) is 0 Å². The normalized spacial score (nSPS) is 12.6. The molecule has 4 rings (SSSR count). The van der Waals surface area contributed by atoms with Gasteiger partial charge in [0.05, 0.1) is 10.5 Å². The second-order valence-corrected chi connectivity index (χ2v) is 5.79. The van der Waals surface area contributed by atoms with Crippen LogP contribution in [0.4, 0.5) is 11.5 Å². The highest BCUT2D eigenvalue weighted by atomic mass is 16.6. The average Bonchev–Trinajstić information content (AvgIpc) is 3.11. The molecule has 1 aliphatic rings. The summed E-state index contributed by atoms with van der Waals surface area (Å²) in [6.45, 7) is 1.08. The van der Waals surface area contributed by atoms with E-state index in [2.05, 4.69) is 5.32 Å². The third-order valence-corrected chi connectivity index (χ3v) is 4.37. The summed E-state index contributed by atoms with van der Waals surface area (Å²) >= 11 is 0. The number of nitro benzene ring substituents is 1. The van der Waals surface area contributed by atoms with Crippen molar-refractivity contribution in [2.75, 3.05) is 11.9 Å². The van der Waals surface area contributed by atoms with Crippen LogP contribution in [0.5, 0.6) is 0 Å². The van der Waals surface area contributed by atoms with Gasteiger partial charge in [-0.15, -0.1) is 0 Å². The lowest BCUT2D eigenvalue weighted by Gasteiger charge is -2.13. The third-order valence-electron chi connectivity index (χ3n) is 4.37. The average molecular weight is 335 g/mol. The Morgan fingerprint density at radius 2 is 1.76 bits per heavy atom. The van der Waals surface area contributed by atoms with E-state index in [0.29, 0.717) is 40.8 Å². The van der Waals surface area contributed by atoms with Gasteiger partial charge < -0.3 is 5.32 Å². The minimum Gasteiger partial charge on any atom is -0.369 e. The van der Waals surface area contributed by atoms with Gasteiger partial charge in [-0.05, 0) is 18.2 Å². The first-order valence-electron chi connectivity index (χ1n) is 7.76. The Balaban J connectivity index is 1.94. The minimum atomic E-state index is -0.509. The maximum atomic E-state index is 13.1. The van der Waals surface area contributed by atoms with Crippen molar-refractivity contribution in [2.45, 2.75) is 6.54 Å². The number of rotatable bonds is 3. The van der Waals surface area contributed by atoms with Crippen LogP contribution in [0.1, 0.15) is 15.9 Å². The second kappa shape index (κ2) is 5.55. The number of nitro groups is 1. The molecule has 0 amide bonds. The summed E-state index contributed by atoms with van der Waals surface area (Å²) in [5, 5.41) is 15.0. The van der Waals surface area contributed by atoms with E-state index in [1.165, 1.54) is 24.3 Å². The Kier molecular flexibility index (Phi) is 3.35. The number of pyridine rings is 1. The molecule has 7 nitrogen and oxygen atoms in total. The molecule has 1 aromatic heterocycles. The van der Waals surface area contributed by atoms with E-state index in [9.17, 15) is 19.7 Å².